The van der Waals surface area contributed by atoms with Gasteiger partial charge in [-0.2, -0.15) is 0 Å². The number of ether oxygens (including phenoxy) is 4. The average molecular weight is 490 g/mol. The largest absolute Gasteiger partial charge is 0.508 e. The molecule has 35 heavy (non-hydrogen) atoms. The molecule has 2 aliphatic heterocycles. The van der Waals surface area contributed by atoms with E-state index in [1.165, 1.54) is 25.1 Å². The zero-order chi connectivity index (χ0) is 25.3. The highest BCUT2D eigenvalue weighted by molar-refractivity contribution is 6.00. The topological polar surface area (TPSA) is 172 Å². The second kappa shape index (κ2) is 10.2. The third-order valence-corrected chi connectivity index (χ3v) is 5.81. The normalized spacial score (nSPS) is 29.0. The molecule has 7 atom stereocenters. The number of carbonyl (C=O) groups is 2. The molecule has 2 aromatic carbocycles. The minimum atomic E-state index is -1.64. The van der Waals surface area contributed by atoms with Crippen molar-refractivity contribution in [3.8, 4) is 17.2 Å². The lowest BCUT2D eigenvalue weighted by Gasteiger charge is -2.40. The molecular formula is C24H26O11. The number of aromatic hydroxyl groups is 1. The summed E-state index contributed by atoms with van der Waals surface area (Å²) in [4.78, 5) is 23.9. The average Bonchev–Trinajstić information content (AvgIpc) is 2.83. The molecule has 0 spiro atoms. The number of ketones is 1. The van der Waals surface area contributed by atoms with E-state index >= 15 is 0 Å². The summed E-state index contributed by atoms with van der Waals surface area (Å²) in [5.41, 5.74) is 1.07. The van der Waals surface area contributed by atoms with Gasteiger partial charge in [0.2, 0.25) is 6.29 Å². The van der Waals surface area contributed by atoms with Crippen LogP contribution in [0.3, 0.4) is 0 Å². The van der Waals surface area contributed by atoms with Crippen LogP contribution in [-0.4, -0.2) is 80.7 Å². The molecule has 2 aromatic rings. The fourth-order valence-electron chi connectivity index (χ4n) is 3.83. The number of Topliss-reactive ketones (excluding diaryl/α,β-unsaturated/α-hetero) is 1. The van der Waals surface area contributed by atoms with Crippen LogP contribution in [0.15, 0.2) is 42.5 Å². The van der Waals surface area contributed by atoms with Crippen molar-refractivity contribution in [3.05, 3.63) is 53.6 Å². The Morgan fingerprint density at radius 1 is 1.09 bits per heavy atom. The highest BCUT2D eigenvalue weighted by Gasteiger charge is 2.45. The van der Waals surface area contributed by atoms with Crippen molar-refractivity contribution in [3.63, 3.8) is 0 Å². The number of phenols is 1. The van der Waals surface area contributed by atoms with Crippen LogP contribution in [0.1, 0.15) is 35.4 Å². The number of aliphatic hydroxyl groups excluding tert-OH is 4. The predicted molar refractivity (Wildman–Crippen MR) is 117 cm³/mol. The molecule has 11 heteroatoms. The summed E-state index contributed by atoms with van der Waals surface area (Å²) >= 11 is 0. The molecule has 2 unspecified atom stereocenters. The molecule has 11 nitrogen and oxygen atoms in total. The number of rotatable bonds is 6. The van der Waals surface area contributed by atoms with Crippen molar-refractivity contribution in [2.45, 2.75) is 56.3 Å². The van der Waals surface area contributed by atoms with E-state index in [0.29, 0.717) is 16.9 Å². The van der Waals surface area contributed by atoms with E-state index in [0.717, 1.165) is 0 Å². The molecule has 4 rings (SSSR count). The zero-order valence-electron chi connectivity index (χ0n) is 18.7. The predicted octanol–water partition coefficient (Wildman–Crippen LogP) is 0.209. The van der Waals surface area contributed by atoms with Gasteiger partial charge in [-0.1, -0.05) is 12.1 Å². The summed E-state index contributed by atoms with van der Waals surface area (Å²) in [5, 5.41) is 49.5. The SMILES string of the molecule is CC(O)C(=O)OC[C@H]1O[C@@H](Oc2ccc(C3CC(=O)c4ccc(O)cc4O3)cc2)[C@H](O)[C@@H](O)[C@@H]1O. The lowest BCUT2D eigenvalue weighted by atomic mass is 9.96. The molecule has 0 aromatic heterocycles. The Kier molecular flexibility index (Phi) is 7.24. The minimum absolute atomic E-state index is 0.0155. The monoisotopic (exact) mass is 490 g/mol. The second-order valence-electron chi connectivity index (χ2n) is 8.42. The number of hydrogen-bond acceptors (Lipinski definition) is 11. The first-order valence-electron chi connectivity index (χ1n) is 11.0. The number of benzene rings is 2. The van der Waals surface area contributed by atoms with Crippen LogP contribution in [0.2, 0.25) is 0 Å². The van der Waals surface area contributed by atoms with Gasteiger partial charge in [-0.3, -0.25) is 4.79 Å². The summed E-state index contributed by atoms with van der Waals surface area (Å²) in [6, 6.07) is 10.7. The van der Waals surface area contributed by atoms with E-state index in [1.807, 2.05) is 0 Å². The maximum absolute atomic E-state index is 12.4. The molecule has 2 aliphatic rings. The Morgan fingerprint density at radius 3 is 2.49 bits per heavy atom. The van der Waals surface area contributed by atoms with Crippen LogP contribution in [0, 0.1) is 0 Å². The summed E-state index contributed by atoms with van der Waals surface area (Å²) < 4.78 is 21.8. The molecular weight excluding hydrogens is 464 g/mol. The molecule has 1 fully saturated rings. The Balaban J connectivity index is 1.42. The highest BCUT2D eigenvalue weighted by atomic mass is 16.7. The van der Waals surface area contributed by atoms with E-state index in [4.69, 9.17) is 18.9 Å². The van der Waals surface area contributed by atoms with Crippen molar-refractivity contribution < 1.29 is 54.1 Å². The number of aliphatic hydroxyl groups is 4. The Hall–Kier alpha value is -3.22. The first-order chi connectivity index (χ1) is 16.6. The third kappa shape index (κ3) is 5.39. The van der Waals surface area contributed by atoms with Crippen LogP contribution < -0.4 is 9.47 Å². The standard InChI is InChI=1S/C24H26O11/c1-11(25)23(31)32-10-19-20(28)21(29)22(30)24(35-19)33-14-5-2-12(3-6-14)17-9-16(27)15-7-4-13(26)8-18(15)34-17/h2-8,11,17,19-22,24-26,28-30H,9-10H2,1H3/t11?,17?,19-,20-,21+,22-,24-/m1/s1. The van der Waals surface area contributed by atoms with Crippen molar-refractivity contribution in [2.75, 3.05) is 6.61 Å². The lowest BCUT2D eigenvalue weighted by molar-refractivity contribution is -0.279. The molecule has 0 bridgehead atoms. The number of fused-ring (bicyclic) bond motifs is 1. The van der Waals surface area contributed by atoms with Crippen LogP contribution in [0.25, 0.3) is 0 Å². The number of hydrogen-bond donors (Lipinski definition) is 5. The van der Waals surface area contributed by atoms with Gasteiger partial charge in [0.25, 0.3) is 0 Å². The number of phenolic OH excluding ortho intramolecular Hbond substituents is 1. The van der Waals surface area contributed by atoms with Gasteiger partial charge in [-0.25, -0.2) is 4.79 Å². The maximum Gasteiger partial charge on any atom is 0.334 e. The number of esters is 1. The fourth-order valence-corrected chi connectivity index (χ4v) is 3.83. The lowest BCUT2D eigenvalue weighted by Crippen LogP contribution is -2.60. The molecule has 0 aliphatic carbocycles. The summed E-state index contributed by atoms with van der Waals surface area (Å²) in [6.07, 6.45) is -9.24. The third-order valence-electron chi connectivity index (χ3n) is 5.81. The van der Waals surface area contributed by atoms with E-state index in [-0.39, 0.29) is 23.7 Å². The number of carbonyl (C=O) groups excluding carboxylic acids is 2. The van der Waals surface area contributed by atoms with E-state index in [9.17, 15) is 35.1 Å². The summed E-state index contributed by atoms with van der Waals surface area (Å²) in [6.45, 7) is 0.739. The Labute approximate surface area is 200 Å². The van der Waals surface area contributed by atoms with Gasteiger partial charge in [0.1, 0.15) is 60.5 Å². The summed E-state index contributed by atoms with van der Waals surface area (Å²) in [7, 11) is 0. The Morgan fingerprint density at radius 2 is 1.80 bits per heavy atom. The molecule has 188 valence electrons. The van der Waals surface area contributed by atoms with Crippen molar-refractivity contribution in [1.82, 2.24) is 0 Å². The van der Waals surface area contributed by atoms with Crippen LogP contribution in [-0.2, 0) is 14.3 Å². The van der Waals surface area contributed by atoms with Gasteiger partial charge in [-0.05, 0) is 36.8 Å². The van der Waals surface area contributed by atoms with Gasteiger partial charge >= 0.3 is 5.97 Å². The van der Waals surface area contributed by atoms with Gasteiger partial charge in [0.05, 0.1) is 12.0 Å². The smallest absolute Gasteiger partial charge is 0.334 e. The van der Waals surface area contributed by atoms with Crippen LogP contribution in [0.4, 0.5) is 0 Å². The highest BCUT2D eigenvalue weighted by Crippen LogP contribution is 2.37. The van der Waals surface area contributed by atoms with Gasteiger partial charge in [0, 0.05) is 6.07 Å². The van der Waals surface area contributed by atoms with E-state index < -0.39 is 55.5 Å². The molecule has 1 saturated heterocycles. The molecule has 5 N–H and O–H groups in total. The Bertz CT molecular complexity index is 1070. The van der Waals surface area contributed by atoms with Crippen LogP contribution >= 0.6 is 0 Å². The fraction of sp³-hybridized carbons (Fsp3) is 0.417. The molecule has 2 heterocycles. The van der Waals surface area contributed by atoms with Crippen LogP contribution in [0.5, 0.6) is 17.2 Å². The van der Waals surface area contributed by atoms with Gasteiger partial charge < -0.3 is 44.5 Å². The second-order valence-corrected chi connectivity index (χ2v) is 8.42. The van der Waals surface area contributed by atoms with Crippen molar-refractivity contribution >= 4 is 11.8 Å². The molecule has 0 radical (unpaired) electrons. The van der Waals surface area contributed by atoms with E-state index in [1.54, 1.807) is 24.3 Å². The zero-order valence-corrected chi connectivity index (χ0v) is 18.7. The molecule has 0 saturated carbocycles. The van der Waals surface area contributed by atoms with Gasteiger partial charge in [-0.15, -0.1) is 0 Å². The van der Waals surface area contributed by atoms with Gasteiger partial charge in [0.15, 0.2) is 5.78 Å². The van der Waals surface area contributed by atoms with E-state index in [2.05, 4.69) is 0 Å². The quantitative estimate of drug-likeness (QED) is 0.350. The summed E-state index contributed by atoms with van der Waals surface area (Å²) in [5.74, 6) is -0.527. The minimum Gasteiger partial charge on any atom is -0.508 e. The first-order valence-corrected chi connectivity index (χ1v) is 11.0. The first kappa shape index (κ1) is 24.9. The van der Waals surface area contributed by atoms with Crippen molar-refractivity contribution in [2.24, 2.45) is 0 Å². The van der Waals surface area contributed by atoms with Crippen molar-refractivity contribution in [1.29, 1.82) is 0 Å². The maximum atomic E-state index is 12.4. The molecule has 0 amide bonds.